The Labute approximate surface area is 119 Å². The first-order valence-corrected chi connectivity index (χ1v) is 7.13. The van der Waals surface area contributed by atoms with Gasteiger partial charge in [0, 0.05) is 4.47 Å². The van der Waals surface area contributed by atoms with Crippen LogP contribution in [0.2, 0.25) is 0 Å². The Morgan fingerprint density at radius 1 is 1.29 bits per heavy atom. The second-order valence-corrected chi connectivity index (χ2v) is 5.14. The molecule has 0 atom stereocenters. The Kier molecular flexibility index (Phi) is 6.66. The van der Waals surface area contributed by atoms with E-state index in [2.05, 4.69) is 45.4 Å². The highest BCUT2D eigenvalue weighted by Gasteiger charge is 2.12. The highest BCUT2D eigenvalue weighted by atomic mass is 79.9. The van der Waals surface area contributed by atoms with Crippen molar-refractivity contribution >= 4 is 31.9 Å². The van der Waals surface area contributed by atoms with E-state index in [4.69, 9.17) is 9.47 Å². The molecule has 1 rings (SSSR count). The second-order valence-electron chi connectivity index (χ2n) is 3.49. The van der Waals surface area contributed by atoms with Gasteiger partial charge in [-0.1, -0.05) is 26.0 Å². The SMILES string of the molecule is C=CCOc1c(OCCCC)ccc(Br)c1Br. The molecule has 0 bridgehead atoms. The minimum atomic E-state index is 0.458. The molecule has 0 saturated heterocycles. The molecule has 0 N–H and O–H groups in total. The summed E-state index contributed by atoms with van der Waals surface area (Å²) in [6.45, 7) is 6.94. The minimum Gasteiger partial charge on any atom is -0.490 e. The number of rotatable bonds is 7. The van der Waals surface area contributed by atoms with Gasteiger partial charge in [0.25, 0.3) is 0 Å². The van der Waals surface area contributed by atoms with Gasteiger partial charge in [0.1, 0.15) is 6.61 Å². The first-order chi connectivity index (χ1) is 8.20. The lowest BCUT2D eigenvalue weighted by atomic mass is 10.3. The topological polar surface area (TPSA) is 18.5 Å². The molecule has 0 radical (unpaired) electrons. The van der Waals surface area contributed by atoms with Crippen molar-refractivity contribution in [2.75, 3.05) is 13.2 Å². The van der Waals surface area contributed by atoms with Crippen LogP contribution in [0, 0.1) is 0 Å². The number of unbranched alkanes of at least 4 members (excludes halogenated alkanes) is 1. The van der Waals surface area contributed by atoms with Crippen molar-refractivity contribution in [3.8, 4) is 11.5 Å². The van der Waals surface area contributed by atoms with Gasteiger partial charge in [0.2, 0.25) is 0 Å². The molecule has 0 aliphatic heterocycles. The van der Waals surface area contributed by atoms with Crippen LogP contribution in [-0.2, 0) is 0 Å². The average molecular weight is 364 g/mol. The molecule has 0 heterocycles. The summed E-state index contributed by atoms with van der Waals surface area (Å²) in [6.07, 6.45) is 3.86. The molecule has 0 fully saturated rings. The monoisotopic (exact) mass is 362 g/mol. The van der Waals surface area contributed by atoms with Gasteiger partial charge in [-0.15, -0.1) is 0 Å². The third kappa shape index (κ3) is 4.36. The summed E-state index contributed by atoms with van der Waals surface area (Å²) in [5.74, 6) is 1.48. The van der Waals surface area contributed by atoms with Crippen LogP contribution in [0.3, 0.4) is 0 Å². The molecular weight excluding hydrogens is 348 g/mol. The molecular formula is C13H16Br2O2. The van der Waals surface area contributed by atoms with Crippen molar-refractivity contribution in [1.29, 1.82) is 0 Å². The number of benzene rings is 1. The number of halogens is 2. The first-order valence-electron chi connectivity index (χ1n) is 5.55. The first kappa shape index (κ1) is 14.6. The highest BCUT2D eigenvalue weighted by molar-refractivity contribution is 9.13. The fourth-order valence-corrected chi connectivity index (χ4v) is 1.99. The Hall–Kier alpha value is -0.480. The molecule has 17 heavy (non-hydrogen) atoms. The van der Waals surface area contributed by atoms with E-state index in [-0.39, 0.29) is 0 Å². The molecule has 0 amide bonds. The van der Waals surface area contributed by atoms with E-state index in [1.165, 1.54) is 0 Å². The Bertz CT molecular complexity index is 378. The number of hydrogen-bond acceptors (Lipinski definition) is 2. The molecule has 1 aromatic rings. The summed E-state index contributed by atoms with van der Waals surface area (Å²) in [5, 5.41) is 0. The van der Waals surface area contributed by atoms with Gasteiger partial charge < -0.3 is 9.47 Å². The van der Waals surface area contributed by atoms with Crippen LogP contribution in [0.4, 0.5) is 0 Å². The maximum atomic E-state index is 5.70. The van der Waals surface area contributed by atoms with Gasteiger partial charge in [-0.2, -0.15) is 0 Å². The quantitative estimate of drug-likeness (QED) is 0.503. The van der Waals surface area contributed by atoms with Crippen LogP contribution < -0.4 is 9.47 Å². The van der Waals surface area contributed by atoms with Crippen LogP contribution in [0.15, 0.2) is 33.7 Å². The molecule has 1 aromatic carbocycles. The highest BCUT2D eigenvalue weighted by Crippen LogP contribution is 2.40. The molecule has 4 heteroatoms. The van der Waals surface area contributed by atoms with Crippen molar-refractivity contribution in [3.63, 3.8) is 0 Å². The summed E-state index contributed by atoms with van der Waals surface area (Å²) in [5.41, 5.74) is 0. The van der Waals surface area contributed by atoms with Crippen LogP contribution in [0.5, 0.6) is 11.5 Å². The van der Waals surface area contributed by atoms with E-state index in [0.717, 1.165) is 33.3 Å². The Morgan fingerprint density at radius 3 is 2.71 bits per heavy atom. The maximum Gasteiger partial charge on any atom is 0.176 e. The van der Waals surface area contributed by atoms with E-state index < -0.39 is 0 Å². The fourth-order valence-electron chi connectivity index (χ4n) is 1.23. The van der Waals surface area contributed by atoms with E-state index >= 15 is 0 Å². The second kappa shape index (κ2) is 7.77. The van der Waals surface area contributed by atoms with Crippen molar-refractivity contribution in [1.82, 2.24) is 0 Å². The van der Waals surface area contributed by atoms with Crippen LogP contribution in [0.25, 0.3) is 0 Å². The molecule has 0 unspecified atom stereocenters. The fraction of sp³-hybridized carbons (Fsp3) is 0.385. The van der Waals surface area contributed by atoms with Crippen LogP contribution in [-0.4, -0.2) is 13.2 Å². The summed E-state index contributed by atoms with van der Waals surface area (Å²) >= 11 is 6.93. The van der Waals surface area contributed by atoms with Crippen molar-refractivity contribution in [2.45, 2.75) is 19.8 Å². The zero-order valence-corrected chi connectivity index (χ0v) is 13.0. The zero-order chi connectivity index (χ0) is 12.7. The predicted molar refractivity (Wildman–Crippen MR) is 77.9 cm³/mol. The maximum absolute atomic E-state index is 5.70. The summed E-state index contributed by atoms with van der Waals surface area (Å²) < 4.78 is 13.1. The van der Waals surface area contributed by atoms with Crippen molar-refractivity contribution in [2.24, 2.45) is 0 Å². The molecule has 0 saturated carbocycles. The minimum absolute atomic E-state index is 0.458. The van der Waals surface area contributed by atoms with Gasteiger partial charge in [-0.05, 0) is 50.4 Å². The largest absolute Gasteiger partial charge is 0.490 e. The number of ether oxygens (including phenoxy) is 2. The normalized spacial score (nSPS) is 10.1. The summed E-state index contributed by atoms with van der Waals surface area (Å²) in [7, 11) is 0. The van der Waals surface area contributed by atoms with Gasteiger partial charge in [-0.25, -0.2) is 0 Å². The lowest BCUT2D eigenvalue weighted by Crippen LogP contribution is -2.01. The Morgan fingerprint density at radius 2 is 2.06 bits per heavy atom. The number of hydrogen-bond donors (Lipinski definition) is 0. The summed E-state index contributed by atoms with van der Waals surface area (Å²) in [6, 6.07) is 3.84. The van der Waals surface area contributed by atoms with Crippen molar-refractivity contribution < 1.29 is 9.47 Å². The third-order valence-corrected chi connectivity index (χ3v) is 4.10. The predicted octanol–water partition coefficient (Wildman–Crippen LogP) is 4.96. The van der Waals surface area contributed by atoms with Gasteiger partial charge in [0.05, 0.1) is 11.1 Å². The molecule has 2 nitrogen and oxygen atoms in total. The third-order valence-electron chi connectivity index (χ3n) is 2.11. The van der Waals surface area contributed by atoms with Gasteiger partial charge in [0.15, 0.2) is 11.5 Å². The molecule has 0 aliphatic rings. The van der Waals surface area contributed by atoms with Crippen LogP contribution >= 0.6 is 31.9 Å². The van der Waals surface area contributed by atoms with Crippen molar-refractivity contribution in [3.05, 3.63) is 33.7 Å². The molecule has 0 aromatic heterocycles. The molecule has 0 aliphatic carbocycles. The van der Waals surface area contributed by atoms with E-state index in [0.29, 0.717) is 13.2 Å². The lowest BCUT2D eigenvalue weighted by molar-refractivity contribution is 0.278. The van der Waals surface area contributed by atoms with E-state index in [1.54, 1.807) is 6.08 Å². The smallest absolute Gasteiger partial charge is 0.176 e. The van der Waals surface area contributed by atoms with E-state index in [1.807, 2.05) is 12.1 Å². The van der Waals surface area contributed by atoms with E-state index in [9.17, 15) is 0 Å². The zero-order valence-electron chi connectivity index (χ0n) is 9.84. The van der Waals surface area contributed by atoms with Crippen LogP contribution in [0.1, 0.15) is 19.8 Å². The molecule has 94 valence electrons. The summed E-state index contributed by atoms with van der Waals surface area (Å²) in [4.78, 5) is 0. The average Bonchev–Trinajstić information content (AvgIpc) is 2.33. The van der Waals surface area contributed by atoms with Gasteiger partial charge >= 0.3 is 0 Å². The Balaban J connectivity index is 2.85. The lowest BCUT2D eigenvalue weighted by Gasteiger charge is -2.14. The molecule has 0 spiro atoms. The van der Waals surface area contributed by atoms with Gasteiger partial charge in [-0.3, -0.25) is 0 Å². The standard InChI is InChI=1S/C13H16Br2O2/c1-3-5-9-16-11-7-6-10(14)12(15)13(11)17-8-4-2/h4,6-7H,2-3,5,8-9H2,1H3.